The number of cyclic esters (lactones) is 2. The molecule has 222 valence electrons. The minimum Gasteiger partial charge on any atom is -0.493 e. The molecule has 0 aliphatic carbocycles. The van der Waals surface area contributed by atoms with Gasteiger partial charge in [-0.3, -0.25) is 9.59 Å². The van der Waals surface area contributed by atoms with Gasteiger partial charge in [-0.25, -0.2) is 9.78 Å². The number of benzene rings is 1. The van der Waals surface area contributed by atoms with Crippen molar-refractivity contribution in [3.05, 3.63) is 41.2 Å². The molecule has 2 aromatic rings. The number of nitrogens with one attached hydrogen (secondary N) is 1. The first-order valence-electron chi connectivity index (χ1n) is 13.5. The van der Waals surface area contributed by atoms with Gasteiger partial charge in [-0.1, -0.05) is 6.07 Å². The van der Waals surface area contributed by atoms with Crippen LogP contribution in [0.4, 0.5) is 23.9 Å². The summed E-state index contributed by atoms with van der Waals surface area (Å²) in [6.45, 7) is 1.94. The van der Waals surface area contributed by atoms with Crippen molar-refractivity contribution in [3.8, 4) is 5.75 Å². The number of aliphatic carboxylic acids is 1. The lowest BCUT2D eigenvalue weighted by atomic mass is 9.91. The SMILES string of the molecule is CC1OC(=O)OC1CC1c2cc(OCCc3cn4c(n3)NCCC4)ccc2CC(CC(=O)O)C(=O)N1CC(F)(F)F. The fourth-order valence-corrected chi connectivity index (χ4v) is 5.63. The molecule has 1 aromatic heterocycles. The van der Waals surface area contributed by atoms with E-state index in [0.29, 0.717) is 28.2 Å². The summed E-state index contributed by atoms with van der Waals surface area (Å²) >= 11 is 0. The number of anilines is 1. The highest BCUT2D eigenvalue weighted by atomic mass is 19.4. The zero-order chi connectivity index (χ0) is 29.3. The summed E-state index contributed by atoms with van der Waals surface area (Å²) in [7, 11) is 0. The van der Waals surface area contributed by atoms with E-state index in [1.54, 1.807) is 25.1 Å². The van der Waals surface area contributed by atoms with Crippen molar-refractivity contribution in [2.24, 2.45) is 5.92 Å². The molecular formula is C27H31F3N4O7. The average Bonchev–Trinajstić information content (AvgIpc) is 3.43. The van der Waals surface area contributed by atoms with Crippen LogP contribution in [-0.4, -0.2) is 75.7 Å². The van der Waals surface area contributed by atoms with E-state index in [0.717, 1.165) is 31.2 Å². The number of alkyl halides is 3. The van der Waals surface area contributed by atoms with E-state index in [2.05, 4.69) is 10.3 Å². The standard InChI is InChI=1S/C27H31F3N4O7/c1-15-22(41-26(38)40-15)12-21-20-11-19(39-8-5-18-13-33-7-2-6-31-25(33)32-18)4-3-16(20)9-17(10-23(35)36)24(37)34(21)14-27(28,29)30/h3-4,11,13,15,17,21-22H,2,5-10,12,14H2,1H3,(H,31,32)(H,35,36). The number of rotatable bonds is 9. The highest BCUT2D eigenvalue weighted by Gasteiger charge is 2.45. The number of amides is 1. The van der Waals surface area contributed by atoms with Gasteiger partial charge in [0.05, 0.1) is 30.7 Å². The third-order valence-electron chi connectivity index (χ3n) is 7.54. The zero-order valence-electron chi connectivity index (χ0n) is 22.4. The number of carboxylic acid groups (broad SMARTS) is 1. The molecule has 4 atom stereocenters. The molecule has 41 heavy (non-hydrogen) atoms. The summed E-state index contributed by atoms with van der Waals surface area (Å²) in [6.07, 6.45) is -4.77. The number of aryl methyl sites for hydroxylation is 1. The summed E-state index contributed by atoms with van der Waals surface area (Å²) in [5.74, 6) is -2.25. The van der Waals surface area contributed by atoms with Gasteiger partial charge in [0.25, 0.3) is 0 Å². The lowest BCUT2D eigenvalue weighted by Gasteiger charge is -2.34. The molecule has 1 amide bonds. The van der Waals surface area contributed by atoms with E-state index in [1.807, 2.05) is 10.8 Å². The maximum atomic E-state index is 13.8. The Morgan fingerprint density at radius 2 is 2.07 bits per heavy atom. The Labute approximate surface area is 233 Å². The first-order valence-corrected chi connectivity index (χ1v) is 13.5. The van der Waals surface area contributed by atoms with Crippen LogP contribution in [0.2, 0.25) is 0 Å². The number of hydrogen-bond donors (Lipinski definition) is 2. The fraction of sp³-hybridized carbons (Fsp3) is 0.556. The molecule has 1 fully saturated rings. The van der Waals surface area contributed by atoms with Gasteiger partial charge in [0, 0.05) is 32.1 Å². The summed E-state index contributed by atoms with van der Waals surface area (Å²) in [5.41, 5.74) is 1.74. The van der Waals surface area contributed by atoms with E-state index in [-0.39, 0.29) is 19.4 Å². The molecular weight excluding hydrogens is 549 g/mol. The van der Waals surface area contributed by atoms with Crippen molar-refractivity contribution in [2.75, 3.05) is 25.0 Å². The molecule has 0 saturated carbocycles. The molecule has 2 N–H and O–H groups in total. The minimum atomic E-state index is -4.76. The Kier molecular flexibility index (Phi) is 8.00. The summed E-state index contributed by atoms with van der Waals surface area (Å²) in [4.78, 5) is 41.9. The number of ether oxygens (including phenoxy) is 3. The van der Waals surface area contributed by atoms with Gasteiger partial charge >= 0.3 is 18.3 Å². The molecule has 4 unspecified atom stereocenters. The summed E-state index contributed by atoms with van der Waals surface area (Å²) in [6, 6.07) is 3.71. The van der Waals surface area contributed by atoms with Crippen LogP contribution in [-0.2, 0) is 38.4 Å². The highest BCUT2D eigenvalue weighted by molar-refractivity contribution is 5.85. The third kappa shape index (κ3) is 6.68. The second-order valence-corrected chi connectivity index (χ2v) is 10.5. The second-order valence-electron chi connectivity index (χ2n) is 10.5. The number of carbonyl (C=O) groups excluding carboxylic acids is 2. The smallest absolute Gasteiger partial charge is 0.493 e. The van der Waals surface area contributed by atoms with Gasteiger partial charge in [0.2, 0.25) is 11.9 Å². The number of hydrogen-bond acceptors (Lipinski definition) is 8. The summed E-state index contributed by atoms with van der Waals surface area (Å²) < 4.78 is 59.5. The number of carbonyl (C=O) groups is 3. The van der Waals surface area contributed by atoms with Crippen molar-refractivity contribution in [1.82, 2.24) is 14.5 Å². The molecule has 5 rings (SSSR count). The average molecular weight is 581 g/mol. The predicted octanol–water partition coefficient (Wildman–Crippen LogP) is 3.71. The van der Waals surface area contributed by atoms with Crippen molar-refractivity contribution in [2.45, 2.75) is 70.0 Å². The maximum Gasteiger partial charge on any atom is 0.509 e. The van der Waals surface area contributed by atoms with Gasteiger partial charge in [0.15, 0.2) is 0 Å². The first kappa shape index (κ1) is 28.6. The lowest BCUT2D eigenvalue weighted by Crippen LogP contribution is -2.45. The Morgan fingerprint density at radius 1 is 1.27 bits per heavy atom. The van der Waals surface area contributed by atoms with Crippen LogP contribution in [0, 0.1) is 5.92 Å². The predicted molar refractivity (Wildman–Crippen MR) is 136 cm³/mol. The monoisotopic (exact) mass is 580 g/mol. The van der Waals surface area contributed by atoms with Crippen LogP contribution >= 0.6 is 0 Å². The van der Waals surface area contributed by atoms with E-state index >= 15 is 0 Å². The van der Waals surface area contributed by atoms with Crippen molar-refractivity contribution < 1.29 is 46.9 Å². The molecule has 14 heteroatoms. The van der Waals surface area contributed by atoms with Crippen LogP contribution in [0.5, 0.6) is 5.75 Å². The molecule has 0 spiro atoms. The lowest BCUT2D eigenvalue weighted by molar-refractivity contribution is -0.170. The Bertz CT molecular complexity index is 1290. The third-order valence-corrected chi connectivity index (χ3v) is 7.54. The van der Waals surface area contributed by atoms with Gasteiger partial charge in [-0.2, -0.15) is 13.2 Å². The molecule has 3 aliphatic heterocycles. The number of carboxylic acids is 1. The number of aromatic nitrogens is 2. The minimum absolute atomic E-state index is 0.0602. The zero-order valence-corrected chi connectivity index (χ0v) is 22.4. The van der Waals surface area contributed by atoms with Crippen molar-refractivity contribution in [3.63, 3.8) is 0 Å². The highest BCUT2D eigenvalue weighted by Crippen LogP contribution is 2.40. The normalized spacial score (nSPS) is 24.0. The number of fused-ring (bicyclic) bond motifs is 2. The Hall–Kier alpha value is -3.97. The van der Waals surface area contributed by atoms with Gasteiger partial charge in [-0.05, 0) is 43.0 Å². The van der Waals surface area contributed by atoms with Crippen LogP contribution < -0.4 is 10.1 Å². The fourth-order valence-electron chi connectivity index (χ4n) is 5.63. The van der Waals surface area contributed by atoms with Crippen LogP contribution in [0.1, 0.15) is 49.0 Å². The molecule has 3 aliphatic rings. The molecule has 1 saturated heterocycles. The van der Waals surface area contributed by atoms with E-state index in [1.165, 1.54) is 0 Å². The van der Waals surface area contributed by atoms with E-state index < -0.39 is 61.3 Å². The van der Waals surface area contributed by atoms with Gasteiger partial charge in [-0.15, -0.1) is 0 Å². The number of imidazole rings is 1. The quantitative estimate of drug-likeness (QED) is 0.426. The van der Waals surface area contributed by atoms with Crippen LogP contribution in [0.15, 0.2) is 24.4 Å². The van der Waals surface area contributed by atoms with E-state index in [9.17, 15) is 32.7 Å². The van der Waals surface area contributed by atoms with Gasteiger partial charge < -0.3 is 34.1 Å². The number of nitrogens with zero attached hydrogens (tertiary/aromatic N) is 3. The van der Waals surface area contributed by atoms with Crippen LogP contribution in [0.25, 0.3) is 0 Å². The topological polar surface area (TPSA) is 132 Å². The van der Waals surface area contributed by atoms with E-state index in [4.69, 9.17) is 14.2 Å². The summed E-state index contributed by atoms with van der Waals surface area (Å²) in [5, 5.41) is 12.6. The second kappa shape index (κ2) is 11.5. The van der Waals surface area contributed by atoms with Crippen LogP contribution in [0.3, 0.4) is 0 Å². The maximum absolute atomic E-state index is 13.8. The Morgan fingerprint density at radius 3 is 2.76 bits per heavy atom. The molecule has 0 bridgehead atoms. The Balaban J connectivity index is 1.43. The molecule has 1 aromatic carbocycles. The molecule has 11 nitrogen and oxygen atoms in total. The first-order chi connectivity index (χ1) is 19.5. The largest absolute Gasteiger partial charge is 0.509 e. The molecule has 0 radical (unpaired) electrons. The van der Waals surface area contributed by atoms with Crippen molar-refractivity contribution in [1.29, 1.82) is 0 Å². The van der Waals surface area contributed by atoms with Gasteiger partial charge in [0.1, 0.15) is 24.5 Å². The molecule has 4 heterocycles. The number of halogens is 3. The van der Waals surface area contributed by atoms with Crippen molar-refractivity contribution >= 4 is 24.0 Å².